The standard InChI is InChI=1S/C30H22NSi.Li/c31-32(28-19-7-13-22-10-1-4-16-25(22)28,29-20-8-14-23-11-2-5-17-26(23)29)30-21-9-15-24-12-3-6-18-27(24)30;/h1-21,31H;/q-1;+1. The van der Waals surface area contributed by atoms with Gasteiger partial charge in [-0.25, -0.2) is 0 Å². The molecule has 0 unspecified atom stereocenters. The second-order valence-electron chi connectivity index (χ2n) is 8.33. The summed E-state index contributed by atoms with van der Waals surface area (Å²) in [5.41, 5.74) is 0. The summed E-state index contributed by atoms with van der Waals surface area (Å²) in [7, 11) is -3.12. The molecule has 0 spiro atoms. The van der Waals surface area contributed by atoms with E-state index in [9.17, 15) is 5.40 Å². The third kappa shape index (κ3) is 3.44. The van der Waals surface area contributed by atoms with Crippen molar-refractivity contribution in [2.45, 2.75) is 0 Å². The molecule has 0 amide bonds. The van der Waals surface area contributed by atoms with E-state index in [0.717, 1.165) is 15.6 Å². The Balaban J connectivity index is 0.00000228. The summed E-state index contributed by atoms with van der Waals surface area (Å²) in [5.74, 6) is 0. The maximum Gasteiger partial charge on any atom is 1.00 e. The third-order valence-corrected chi connectivity index (χ3v) is 10.3. The molecule has 0 saturated carbocycles. The Morgan fingerprint density at radius 1 is 0.364 bits per heavy atom. The second kappa shape index (κ2) is 8.67. The smallest absolute Gasteiger partial charge is 0.668 e. The van der Waals surface area contributed by atoms with E-state index in [4.69, 9.17) is 0 Å². The maximum atomic E-state index is 10.4. The molecule has 6 aromatic rings. The van der Waals surface area contributed by atoms with Gasteiger partial charge in [0.1, 0.15) is 0 Å². The summed E-state index contributed by atoms with van der Waals surface area (Å²) < 4.78 is 0. The topological polar surface area (TPSA) is 23.8 Å². The van der Waals surface area contributed by atoms with E-state index in [-0.39, 0.29) is 18.9 Å². The van der Waals surface area contributed by atoms with E-state index in [1.807, 2.05) is 0 Å². The minimum atomic E-state index is -3.12. The third-order valence-electron chi connectivity index (χ3n) is 6.58. The van der Waals surface area contributed by atoms with Gasteiger partial charge in [-0.2, -0.15) is 0 Å². The molecule has 0 heterocycles. The van der Waals surface area contributed by atoms with E-state index in [2.05, 4.69) is 127 Å². The molecule has 1 nitrogen and oxygen atoms in total. The van der Waals surface area contributed by atoms with Gasteiger partial charge in [-0.05, 0) is 32.3 Å². The van der Waals surface area contributed by atoms with Gasteiger partial charge in [0.2, 0.25) is 0 Å². The van der Waals surface area contributed by atoms with Gasteiger partial charge in [0.25, 0.3) is 0 Å². The molecule has 0 aliphatic heterocycles. The van der Waals surface area contributed by atoms with Crippen LogP contribution in [0.1, 0.15) is 0 Å². The van der Waals surface area contributed by atoms with Crippen LogP contribution in [0.2, 0.25) is 0 Å². The van der Waals surface area contributed by atoms with Crippen LogP contribution in [0.25, 0.3) is 37.7 Å². The molecule has 0 bridgehead atoms. The van der Waals surface area contributed by atoms with Gasteiger partial charge < -0.3 is 5.40 Å². The minimum absolute atomic E-state index is 0. The van der Waals surface area contributed by atoms with Crippen LogP contribution in [0, 0.1) is 0 Å². The maximum absolute atomic E-state index is 10.4. The molecule has 6 aromatic carbocycles. The molecule has 152 valence electrons. The molecule has 0 aliphatic rings. The van der Waals surface area contributed by atoms with Crippen molar-refractivity contribution in [1.82, 2.24) is 0 Å². The first-order valence-electron chi connectivity index (χ1n) is 11.0. The zero-order chi connectivity index (χ0) is 21.5. The van der Waals surface area contributed by atoms with E-state index in [1.54, 1.807) is 0 Å². The summed E-state index contributed by atoms with van der Waals surface area (Å²) in [4.78, 5) is 0. The largest absolute Gasteiger partial charge is 1.00 e. The Kier molecular flexibility index (Phi) is 5.70. The molecule has 33 heavy (non-hydrogen) atoms. The SMILES string of the molecule is [Li+].[NH-][Si](c1cccc2ccccc12)(c1cccc2ccccc12)c1cccc2ccccc12. The Bertz CT molecular complexity index is 1400. The average Bonchev–Trinajstić information content (AvgIpc) is 2.87. The Labute approximate surface area is 207 Å². The average molecular weight is 432 g/mol. The Morgan fingerprint density at radius 2 is 0.636 bits per heavy atom. The van der Waals surface area contributed by atoms with Crippen molar-refractivity contribution in [1.29, 1.82) is 0 Å². The van der Waals surface area contributed by atoms with Crippen molar-refractivity contribution in [2.75, 3.05) is 0 Å². The van der Waals surface area contributed by atoms with Gasteiger partial charge in [-0.15, -0.1) is 0 Å². The summed E-state index contributed by atoms with van der Waals surface area (Å²) >= 11 is 0. The number of fused-ring (bicyclic) bond motifs is 3. The molecule has 6 rings (SSSR count). The fraction of sp³-hybridized carbons (Fsp3) is 0. The molecule has 0 aliphatic carbocycles. The van der Waals surface area contributed by atoms with Crippen molar-refractivity contribution < 1.29 is 18.9 Å². The number of nitrogens with one attached hydrogen (secondary N) is 1. The van der Waals surface area contributed by atoms with E-state index >= 15 is 0 Å². The normalized spacial score (nSPS) is 11.5. The first kappa shape index (κ1) is 21.7. The van der Waals surface area contributed by atoms with Gasteiger partial charge in [0, 0.05) is 8.24 Å². The zero-order valence-electron chi connectivity index (χ0n) is 18.6. The van der Waals surface area contributed by atoms with Gasteiger partial charge in [-0.1, -0.05) is 143 Å². The van der Waals surface area contributed by atoms with Crippen LogP contribution >= 0.6 is 0 Å². The monoisotopic (exact) mass is 431 g/mol. The van der Waals surface area contributed by atoms with Crippen molar-refractivity contribution in [3.63, 3.8) is 0 Å². The number of benzene rings is 6. The number of hydrogen-bond acceptors (Lipinski definition) is 0. The fourth-order valence-electron chi connectivity index (χ4n) is 5.09. The Hall–Kier alpha value is -3.13. The van der Waals surface area contributed by atoms with Crippen molar-refractivity contribution in [3.05, 3.63) is 133 Å². The van der Waals surface area contributed by atoms with Crippen LogP contribution in [0.4, 0.5) is 0 Å². The van der Waals surface area contributed by atoms with Crippen LogP contribution in [0.5, 0.6) is 0 Å². The molecule has 0 atom stereocenters. The van der Waals surface area contributed by atoms with Gasteiger partial charge in [0.15, 0.2) is 0 Å². The van der Waals surface area contributed by atoms with Crippen LogP contribution in [0.15, 0.2) is 127 Å². The van der Waals surface area contributed by atoms with Crippen molar-refractivity contribution in [2.24, 2.45) is 0 Å². The fourth-order valence-corrected chi connectivity index (χ4v) is 8.90. The molecule has 1 N–H and O–H groups in total. The van der Waals surface area contributed by atoms with Gasteiger partial charge >= 0.3 is 18.9 Å². The van der Waals surface area contributed by atoms with Crippen LogP contribution in [-0.4, -0.2) is 8.24 Å². The molecular formula is C30H22LiNSi. The van der Waals surface area contributed by atoms with Crippen molar-refractivity contribution in [3.8, 4) is 0 Å². The molecule has 0 radical (unpaired) electrons. The predicted octanol–water partition coefficient (Wildman–Crippen LogP) is 3.17. The second-order valence-corrected chi connectivity index (χ2v) is 11.4. The van der Waals surface area contributed by atoms with Gasteiger partial charge in [-0.3, -0.25) is 0 Å². The Morgan fingerprint density at radius 3 is 0.970 bits per heavy atom. The quantitative estimate of drug-likeness (QED) is 0.304. The molecule has 0 aromatic heterocycles. The van der Waals surface area contributed by atoms with E-state index < -0.39 is 8.24 Å². The first-order chi connectivity index (χ1) is 15.8. The van der Waals surface area contributed by atoms with Crippen LogP contribution in [0.3, 0.4) is 0 Å². The first-order valence-corrected chi connectivity index (χ1v) is 13.0. The number of hydrogen-bond donors (Lipinski definition) is 0. The molecule has 0 saturated heterocycles. The summed E-state index contributed by atoms with van der Waals surface area (Å²) in [6.45, 7) is 0. The minimum Gasteiger partial charge on any atom is -0.668 e. The van der Waals surface area contributed by atoms with Crippen LogP contribution in [-0.2, 0) is 0 Å². The summed E-state index contributed by atoms with van der Waals surface area (Å²) in [6.07, 6.45) is 0. The summed E-state index contributed by atoms with van der Waals surface area (Å²) in [6, 6.07) is 44.9. The van der Waals surface area contributed by atoms with Gasteiger partial charge in [0.05, 0.1) is 0 Å². The molecule has 0 fully saturated rings. The molecular weight excluding hydrogens is 409 g/mol. The van der Waals surface area contributed by atoms with E-state index in [1.165, 1.54) is 32.3 Å². The van der Waals surface area contributed by atoms with Crippen molar-refractivity contribution >= 4 is 56.1 Å². The molecule has 3 heteroatoms. The summed E-state index contributed by atoms with van der Waals surface area (Å²) in [5, 5.41) is 21.0. The number of rotatable bonds is 3. The predicted molar refractivity (Wildman–Crippen MR) is 141 cm³/mol. The van der Waals surface area contributed by atoms with E-state index in [0.29, 0.717) is 0 Å². The zero-order valence-corrected chi connectivity index (χ0v) is 19.6. The van der Waals surface area contributed by atoms with Crippen LogP contribution < -0.4 is 34.4 Å².